The summed E-state index contributed by atoms with van der Waals surface area (Å²) in [6, 6.07) is 11.9. The number of nitrogens with zero attached hydrogens (tertiary/aromatic N) is 3. The average molecular weight is 461 g/mol. The zero-order valence-corrected chi connectivity index (χ0v) is 18.5. The maximum absolute atomic E-state index is 12.9. The van der Waals surface area contributed by atoms with Gasteiger partial charge in [-0.3, -0.25) is 10.1 Å². The second kappa shape index (κ2) is 7.82. The van der Waals surface area contributed by atoms with Crippen molar-refractivity contribution in [2.75, 3.05) is 11.6 Å². The van der Waals surface area contributed by atoms with Gasteiger partial charge in [-0.1, -0.05) is 35.9 Å². The van der Waals surface area contributed by atoms with Gasteiger partial charge in [0.1, 0.15) is 0 Å². The van der Waals surface area contributed by atoms with Crippen LogP contribution in [0.3, 0.4) is 0 Å². The van der Waals surface area contributed by atoms with Gasteiger partial charge < -0.3 is 0 Å². The second-order valence-corrected chi connectivity index (χ2v) is 10.1. The largest absolute Gasteiger partial charge is 0.298 e. The van der Waals surface area contributed by atoms with Crippen LogP contribution in [0.5, 0.6) is 0 Å². The molecule has 0 atom stereocenters. The van der Waals surface area contributed by atoms with Crippen LogP contribution in [-0.4, -0.2) is 35.3 Å². The number of thiazole rings is 1. The predicted octanol–water partition coefficient (Wildman–Crippen LogP) is 4.35. The Morgan fingerprint density at radius 1 is 1.23 bits per heavy atom. The molecule has 0 unspecified atom stereocenters. The molecule has 0 saturated heterocycles. The quantitative estimate of drug-likeness (QED) is 0.477. The van der Waals surface area contributed by atoms with E-state index >= 15 is 0 Å². The molecule has 0 bridgehead atoms. The van der Waals surface area contributed by atoms with Gasteiger partial charge in [0.05, 0.1) is 38.3 Å². The molecule has 7 nitrogen and oxygen atoms in total. The molecule has 1 N–H and O–H groups in total. The smallest absolute Gasteiger partial charge is 0.260 e. The summed E-state index contributed by atoms with van der Waals surface area (Å²) in [5, 5.41) is 8.12. The van der Waals surface area contributed by atoms with Crippen LogP contribution < -0.4 is 5.32 Å². The van der Waals surface area contributed by atoms with E-state index < -0.39 is 9.84 Å². The SMILES string of the molecule is CCc1c(C(=O)Nc2nc3ccc(S(C)(=O)=O)cc3s2)cnn1-c1cccc(Cl)c1. The van der Waals surface area contributed by atoms with E-state index in [1.54, 1.807) is 28.9 Å². The van der Waals surface area contributed by atoms with Crippen molar-refractivity contribution in [3.05, 3.63) is 64.9 Å². The van der Waals surface area contributed by atoms with Gasteiger partial charge >= 0.3 is 0 Å². The first-order valence-electron chi connectivity index (χ1n) is 9.01. The third-order valence-electron chi connectivity index (χ3n) is 4.51. The normalized spacial score (nSPS) is 11.7. The lowest BCUT2D eigenvalue weighted by molar-refractivity contribution is 0.102. The van der Waals surface area contributed by atoms with Crippen molar-refractivity contribution in [2.45, 2.75) is 18.2 Å². The number of benzene rings is 2. The molecule has 0 fully saturated rings. The highest BCUT2D eigenvalue weighted by Gasteiger charge is 2.19. The van der Waals surface area contributed by atoms with Crippen molar-refractivity contribution in [3.8, 4) is 5.69 Å². The third kappa shape index (κ3) is 3.96. The summed E-state index contributed by atoms with van der Waals surface area (Å²) in [6.45, 7) is 1.94. The van der Waals surface area contributed by atoms with Crippen LogP contribution in [0.4, 0.5) is 5.13 Å². The van der Waals surface area contributed by atoms with Crippen LogP contribution in [-0.2, 0) is 16.3 Å². The summed E-state index contributed by atoms with van der Waals surface area (Å²) < 4.78 is 25.9. The fraction of sp³-hybridized carbons (Fsp3) is 0.150. The van der Waals surface area contributed by atoms with Crippen LogP contribution in [0.15, 0.2) is 53.6 Å². The predicted molar refractivity (Wildman–Crippen MR) is 119 cm³/mol. The minimum absolute atomic E-state index is 0.215. The second-order valence-electron chi connectivity index (χ2n) is 6.63. The number of anilines is 1. The topological polar surface area (TPSA) is 93.9 Å². The van der Waals surface area contributed by atoms with Crippen LogP contribution in [0.1, 0.15) is 23.0 Å². The number of hydrogen-bond donors (Lipinski definition) is 1. The number of nitrogens with one attached hydrogen (secondary N) is 1. The van der Waals surface area contributed by atoms with E-state index in [1.165, 1.54) is 23.6 Å². The first kappa shape index (κ1) is 20.5. The van der Waals surface area contributed by atoms with Gasteiger partial charge in [0, 0.05) is 11.3 Å². The van der Waals surface area contributed by atoms with Gasteiger partial charge in [-0.2, -0.15) is 5.10 Å². The molecule has 30 heavy (non-hydrogen) atoms. The van der Waals surface area contributed by atoms with Crippen molar-refractivity contribution in [3.63, 3.8) is 0 Å². The highest BCUT2D eigenvalue weighted by Crippen LogP contribution is 2.29. The number of rotatable bonds is 5. The zero-order chi connectivity index (χ0) is 21.5. The lowest BCUT2D eigenvalue weighted by atomic mass is 10.2. The van der Waals surface area contributed by atoms with Crippen molar-refractivity contribution < 1.29 is 13.2 Å². The van der Waals surface area contributed by atoms with Crippen LogP contribution in [0, 0.1) is 0 Å². The number of fused-ring (bicyclic) bond motifs is 1. The van der Waals surface area contributed by atoms with E-state index in [0.717, 1.165) is 17.6 Å². The number of sulfone groups is 1. The van der Waals surface area contributed by atoms with Gasteiger partial charge in [0.2, 0.25) is 0 Å². The minimum atomic E-state index is -3.32. The Kier molecular flexibility index (Phi) is 5.35. The maximum Gasteiger partial charge on any atom is 0.260 e. The van der Waals surface area contributed by atoms with Crippen molar-refractivity contribution in [2.24, 2.45) is 0 Å². The molecule has 2 heterocycles. The van der Waals surface area contributed by atoms with E-state index in [-0.39, 0.29) is 10.8 Å². The summed E-state index contributed by atoms with van der Waals surface area (Å²) >= 11 is 7.30. The first-order chi connectivity index (χ1) is 14.3. The number of carbonyl (C=O) groups is 1. The summed E-state index contributed by atoms with van der Waals surface area (Å²) in [5.41, 5.74) is 2.57. The van der Waals surface area contributed by atoms with Gasteiger partial charge in [-0.15, -0.1) is 0 Å². The van der Waals surface area contributed by atoms with Crippen molar-refractivity contribution >= 4 is 54.0 Å². The Balaban J connectivity index is 1.64. The number of amides is 1. The molecule has 0 saturated carbocycles. The fourth-order valence-corrected chi connectivity index (χ4v) is 4.89. The van der Waals surface area contributed by atoms with Crippen LogP contribution >= 0.6 is 22.9 Å². The maximum atomic E-state index is 12.9. The summed E-state index contributed by atoms with van der Waals surface area (Å²) in [7, 11) is -3.32. The molecular weight excluding hydrogens is 444 g/mol. The average Bonchev–Trinajstić information content (AvgIpc) is 3.29. The Morgan fingerprint density at radius 3 is 2.73 bits per heavy atom. The number of hydrogen-bond acceptors (Lipinski definition) is 6. The lowest BCUT2D eigenvalue weighted by Gasteiger charge is -2.08. The molecule has 0 spiro atoms. The standard InChI is InChI=1S/C20H17ClN4O3S2/c1-3-17-15(11-22-25(17)13-6-4-5-12(21)9-13)19(26)24-20-23-16-8-7-14(30(2,27)28)10-18(16)29-20/h4-11H,3H2,1-2H3,(H,23,24,26). The Hall–Kier alpha value is -2.75. The van der Waals surface area contributed by atoms with Gasteiger partial charge in [0.15, 0.2) is 15.0 Å². The third-order valence-corrected chi connectivity index (χ3v) is 6.79. The number of carbonyl (C=O) groups excluding carboxylic acids is 1. The van der Waals surface area contributed by atoms with E-state index in [2.05, 4.69) is 15.4 Å². The summed E-state index contributed by atoms with van der Waals surface area (Å²) in [6.07, 6.45) is 3.26. The van der Waals surface area contributed by atoms with Gasteiger partial charge in [0.25, 0.3) is 5.91 Å². The molecule has 10 heteroatoms. The minimum Gasteiger partial charge on any atom is -0.298 e. The monoisotopic (exact) mass is 460 g/mol. The molecule has 2 aromatic carbocycles. The molecule has 0 aliphatic heterocycles. The van der Waals surface area contributed by atoms with Gasteiger partial charge in [-0.05, 0) is 42.8 Å². The molecule has 1 amide bonds. The van der Waals surface area contributed by atoms with Crippen LogP contribution in [0.25, 0.3) is 15.9 Å². The van der Waals surface area contributed by atoms with E-state index in [1.807, 2.05) is 19.1 Å². The van der Waals surface area contributed by atoms with Gasteiger partial charge in [-0.25, -0.2) is 18.1 Å². The lowest BCUT2D eigenvalue weighted by Crippen LogP contribution is -2.14. The first-order valence-corrected chi connectivity index (χ1v) is 12.1. The summed E-state index contributed by atoms with van der Waals surface area (Å²) in [5.74, 6) is -0.331. The Morgan fingerprint density at radius 2 is 2.03 bits per heavy atom. The van der Waals surface area contributed by atoms with E-state index in [0.29, 0.717) is 32.4 Å². The molecule has 0 aliphatic carbocycles. The van der Waals surface area contributed by atoms with Crippen molar-refractivity contribution in [1.82, 2.24) is 14.8 Å². The number of halogens is 1. The van der Waals surface area contributed by atoms with E-state index in [9.17, 15) is 13.2 Å². The Bertz CT molecular complexity index is 1380. The van der Waals surface area contributed by atoms with E-state index in [4.69, 9.17) is 11.6 Å². The summed E-state index contributed by atoms with van der Waals surface area (Å²) in [4.78, 5) is 17.5. The highest BCUT2D eigenvalue weighted by molar-refractivity contribution is 7.90. The molecule has 4 aromatic rings. The molecule has 2 aromatic heterocycles. The van der Waals surface area contributed by atoms with Crippen molar-refractivity contribution in [1.29, 1.82) is 0 Å². The molecule has 0 radical (unpaired) electrons. The molecular formula is C20H17ClN4O3S2. The number of aromatic nitrogens is 3. The molecule has 154 valence electrons. The zero-order valence-electron chi connectivity index (χ0n) is 16.1. The highest BCUT2D eigenvalue weighted by atomic mass is 35.5. The Labute approximate surface area is 182 Å². The molecule has 0 aliphatic rings. The van der Waals surface area contributed by atoms with Crippen LogP contribution in [0.2, 0.25) is 5.02 Å². The fourth-order valence-electron chi connectivity index (χ4n) is 3.09. The molecule has 4 rings (SSSR count).